The van der Waals surface area contributed by atoms with Gasteiger partial charge in [-0.2, -0.15) is 5.10 Å². The second-order valence-electron chi connectivity index (χ2n) is 4.89. The third kappa shape index (κ3) is 3.70. The zero-order valence-corrected chi connectivity index (χ0v) is 13.9. The molecule has 1 amide bonds. The standard InChI is InChI=1S/C17H14ClN3OS/c1-11(20-21-17(22)14-3-2-10-19-14)15-8-9-16(23-15)12-4-6-13(18)7-5-12/h2-10,19H,1H3,(H,21,22)/b20-11-. The van der Waals surface area contributed by atoms with Crippen molar-refractivity contribution in [1.29, 1.82) is 0 Å². The number of H-pyrrole nitrogens is 1. The van der Waals surface area contributed by atoms with E-state index in [1.807, 2.05) is 43.3 Å². The summed E-state index contributed by atoms with van der Waals surface area (Å²) < 4.78 is 0. The van der Waals surface area contributed by atoms with Gasteiger partial charge in [0.05, 0.1) is 10.6 Å². The van der Waals surface area contributed by atoms with Gasteiger partial charge in [0.15, 0.2) is 0 Å². The minimum absolute atomic E-state index is 0.260. The van der Waals surface area contributed by atoms with Gasteiger partial charge in [0.25, 0.3) is 5.91 Å². The molecule has 0 radical (unpaired) electrons. The molecule has 6 heteroatoms. The van der Waals surface area contributed by atoms with Crippen molar-refractivity contribution in [3.05, 3.63) is 70.3 Å². The van der Waals surface area contributed by atoms with Crippen molar-refractivity contribution in [3.63, 3.8) is 0 Å². The van der Waals surface area contributed by atoms with E-state index in [0.717, 1.165) is 26.1 Å². The van der Waals surface area contributed by atoms with Crippen LogP contribution in [-0.4, -0.2) is 16.6 Å². The summed E-state index contributed by atoms with van der Waals surface area (Å²) in [7, 11) is 0. The van der Waals surface area contributed by atoms with E-state index in [1.165, 1.54) is 0 Å². The fourth-order valence-corrected chi connectivity index (χ4v) is 3.11. The van der Waals surface area contributed by atoms with Crippen LogP contribution in [0.4, 0.5) is 0 Å². The first-order chi connectivity index (χ1) is 11.1. The lowest BCUT2D eigenvalue weighted by atomic mass is 10.2. The molecule has 2 N–H and O–H groups in total. The lowest BCUT2D eigenvalue weighted by Gasteiger charge is -2.00. The van der Waals surface area contributed by atoms with Gasteiger partial charge in [0, 0.05) is 16.1 Å². The molecule has 4 nitrogen and oxygen atoms in total. The molecule has 1 aromatic carbocycles. The van der Waals surface area contributed by atoms with Gasteiger partial charge < -0.3 is 4.98 Å². The molecular formula is C17H14ClN3OS. The molecule has 3 aromatic rings. The smallest absolute Gasteiger partial charge is 0.287 e. The van der Waals surface area contributed by atoms with Gasteiger partial charge in [-0.1, -0.05) is 23.7 Å². The minimum atomic E-state index is -0.260. The number of nitrogens with zero attached hydrogens (tertiary/aromatic N) is 1. The van der Waals surface area contributed by atoms with Crippen LogP contribution in [0.1, 0.15) is 22.3 Å². The van der Waals surface area contributed by atoms with E-state index in [0.29, 0.717) is 5.69 Å². The molecule has 0 aliphatic heterocycles. The van der Waals surface area contributed by atoms with Crippen molar-refractivity contribution in [2.24, 2.45) is 5.10 Å². The number of thiophene rings is 1. The third-order valence-corrected chi connectivity index (χ3v) is 4.75. The second-order valence-corrected chi connectivity index (χ2v) is 6.41. The number of hydrogen-bond donors (Lipinski definition) is 2. The van der Waals surface area contributed by atoms with Crippen molar-refractivity contribution < 1.29 is 4.79 Å². The molecule has 0 atom stereocenters. The van der Waals surface area contributed by atoms with Crippen LogP contribution >= 0.6 is 22.9 Å². The molecule has 23 heavy (non-hydrogen) atoms. The van der Waals surface area contributed by atoms with E-state index in [2.05, 4.69) is 15.5 Å². The Morgan fingerprint density at radius 2 is 1.96 bits per heavy atom. The minimum Gasteiger partial charge on any atom is -0.357 e. The summed E-state index contributed by atoms with van der Waals surface area (Å²) in [5.41, 5.74) is 4.89. The summed E-state index contributed by atoms with van der Waals surface area (Å²) >= 11 is 7.53. The van der Waals surface area contributed by atoms with Crippen molar-refractivity contribution in [2.45, 2.75) is 6.92 Å². The van der Waals surface area contributed by atoms with Crippen molar-refractivity contribution in [3.8, 4) is 10.4 Å². The van der Waals surface area contributed by atoms with Crippen LogP contribution in [0.15, 0.2) is 59.8 Å². The zero-order chi connectivity index (χ0) is 16.2. The van der Waals surface area contributed by atoms with Gasteiger partial charge in [-0.15, -0.1) is 11.3 Å². The summed E-state index contributed by atoms with van der Waals surface area (Å²) in [6.07, 6.45) is 1.70. The van der Waals surface area contributed by atoms with E-state index in [4.69, 9.17) is 11.6 Å². The number of aromatic amines is 1. The number of benzene rings is 1. The number of hydrogen-bond acceptors (Lipinski definition) is 3. The maximum atomic E-state index is 11.8. The number of carbonyl (C=O) groups excluding carboxylic acids is 1. The number of hydrazone groups is 1. The highest BCUT2D eigenvalue weighted by molar-refractivity contribution is 7.17. The zero-order valence-electron chi connectivity index (χ0n) is 12.3. The van der Waals surface area contributed by atoms with E-state index in [-0.39, 0.29) is 5.91 Å². The fourth-order valence-electron chi connectivity index (χ4n) is 2.02. The molecule has 0 fully saturated rings. The quantitative estimate of drug-likeness (QED) is 0.530. The number of aromatic nitrogens is 1. The summed E-state index contributed by atoms with van der Waals surface area (Å²) in [4.78, 5) is 16.8. The lowest BCUT2D eigenvalue weighted by Crippen LogP contribution is -2.19. The van der Waals surface area contributed by atoms with Crippen molar-refractivity contribution in [1.82, 2.24) is 10.4 Å². The predicted octanol–water partition coefficient (Wildman–Crippen LogP) is 4.55. The number of rotatable bonds is 4. The maximum Gasteiger partial charge on any atom is 0.287 e. The Hall–Kier alpha value is -2.37. The van der Waals surface area contributed by atoms with Gasteiger partial charge in [0.1, 0.15) is 5.69 Å². The molecule has 0 bridgehead atoms. The third-order valence-electron chi connectivity index (χ3n) is 3.26. The monoisotopic (exact) mass is 343 g/mol. The number of carbonyl (C=O) groups is 1. The van der Waals surface area contributed by atoms with Gasteiger partial charge in [-0.05, 0) is 48.9 Å². The molecular weight excluding hydrogens is 330 g/mol. The number of nitrogens with one attached hydrogen (secondary N) is 2. The Kier molecular flexibility index (Phi) is 4.60. The molecule has 0 saturated heterocycles. The first-order valence-corrected chi connectivity index (χ1v) is 8.17. The van der Waals surface area contributed by atoms with Crippen molar-refractivity contribution >= 4 is 34.6 Å². The van der Waals surface area contributed by atoms with Crippen LogP contribution in [0.25, 0.3) is 10.4 Å². The molecule has 2 aromatic heterocycles. The average molecular weight is 344 g/mol. The molecule has 0 saturated carbocycles. The SMILES string of the molecule is C/C(=N/NC(=O)c1ccc[nH]1)c1ccc(-c2ccc(Cl)cc2)s1. The van der Waals surface area contributed by atoms with Crippen molar-refractivity contribution in [2.75, 3.05) is 0 Å². The summed E-state index contributed by atoms with van der Waals surface area (Å²) in [6, 6.07) is 15.2. The van der Waals surface area contributed by atoms with Crippen LogP contribution in [-0.2, 0) is 0 Å². The lowest BCUT2D eigenvalue weighted by molar-refractivity contribution is 0.0950. The number of halogens is 1. The van der Waals surface area contributed by atoms with Gasteiger partial charge in [-0.3, -0.25) is 4.79 Å². The van der Waals surface area contributed by atoms with Gasteiger partial charge in [0.2, 0.25) is 0 Å². The molecule has 0 aliphatic rings. The van der Waals surface area contributed by atoms with E-state index >= 15 is 0 Å². The maximum absolute atomic E-state index is 11.8. The van der Waals surface area contributed by atoms with Crippen LogP contribution in [0.2, 0.25) is 5.02 Å². The van der Waals surface area contributed by atoms with E-state index in [9.17, 15) is 4.79 Å². The van der Waals surface area contributed by atoms with Crippen LogP contribution in [0.5, 0.6) is 0 Å². The second kappa shape index (κ2) is 6.81. The van der Waals surface area contributed by atoms with E-state index in [1.54, 1.807) is 29.7 Å². The predicted molar refractivity (Wildman–Crippen MR) is 95.2 cm³/mol. The summed E-state index contributed by atoms with van der Waals surface area (Å²) in [5, 5.41) is 4.88. The molecule has 0 aliphatic carbocycles. The number of amides is 1. The molecule has 0 unspecified atom stereocenters. The molecule has 2 heterocycles. The largest absolute Gasteiger partial charge is 0.357 e. The first kappa shape index (κ1) is 15.5. The summed E-state index contributed by atoms with van der Waals surface area (Å²) in [6.45, 7) is 1.87. The van der Waals surface area contributed by atoms with Crippen LogP contribution in [0, 0.1) is 0 Å². The Labute approximate surface area is 142 Å². The topological polar surface area (TPSA) is 57.2 Å². The van der Waals surface area contributed by atoms with Crippen LogP contribution < -0.4 is 5.43 Å². The Bertz CT molecular complexity index is 835. The van der Waals surface area contributed by atoms with Gasteiger partial charge >= 0.3 is 0 Å². The Balaban J connectivity index is 1.73. The highest BCUT2D eigenvalue weighted by Crippen LogP contribution is 2.29. The van der Waals surface area contributed by atoms with Gasteiger partial charge in [-0.25, -0.2) is 5.43 Å². The average Bonchev–Trinajstić information content (AvgIpc) is 3.24. The summed E-state index contributed by atoms with van der Waals surface area (Å²) in [5.74, 6) is -0.260. The molecule has 3 rings (SSSR count). The van der Waals surface area contributed by atoms with E-state index < -0.39 is 0 Å². The highest BCUT2D eigenvalue weighted by atomic mass is 35.5. The molecule has 116 valence electrons. The first-order valence-electron chi connectivity index (χ1n) is 6.97. The fraction of sp³-hybridized carbons (Fsp3) is 0.0588. The van der Waals surface area contributed by atoms with Crippen LogP contribution in [0.3, 0.4) is 0 Å². The Morgan fingerprint density at radius 3 is 2.65 bits per heavy atom. The Morgan fingerprint density at radius 1 is 1.17 bits per heavy atom. The molecule has 0 spiro atoms. The highest BCUT2D eigenvalue weighted by Gasteiger charge is 2.07. The normalized spacial score (nSPS) is 11.5.